The quantitative estimate of drug-likeness (QED) is 0.555. The van der Waals surface area contributed by atoms with E-state index < -0.39 is 12.0 Å². The highest BCUT2D eigenvalue weighted by Gasteiger charge is 2.28. The lowest BCUT2D eigenvalue weighted by molar-refractivity contribution is -0.142. The van der Waals surface area contributed by atoms with Crippen LogP contribution in [0.1, 0.15) is 12.8 Å². The lowest BCUT2D eigenvalue weighted by atomic mass is 9.99. The van der Waals surface area contributed by atoms with Gasteiger partial charge in [-0.15, -0.1) is 0 Å². The summed E-state index contributed by atoms with van der Waals surface area (Å²) in [5.41, 5.74) is 5.52. The van der Waals surface area contributed by atoms with Gasteiger partial charge in [-0.3, -0.25) is 9.59 Å². The number of carbonyl (C=O) groups excluding carboxylic acids is 2. The Bertz CT molecular complexity index is 217. The molecule has 1 saturated heterocycles. The van der Waals surface area contributed by atoms with Gasteiger partial charge in [0.15, 0.2) is 0 Å². The van der Waals surface area contributed by atoms with Crippen molar-refractivity contribution in [1.82, 2.24) is 5.32 Å². The summed E-state index contributed by atoms with van der Waals surface area (Å²) in [6, 6.07) is -0.682. The normalized spacial score (nSPS) is 23.8. The number of esters is 1. The fourth-order valence-electron chi connectivity index (χ4n) is 1.42. The third-order valence-electron chi connectivity index (χ3n) is 2.21. The summed E-state index contributed by atoms with van der Waals surface area (Å²) < 4.78 is 4.46. The second kappa shape index (κ2) is 4.23. The molecule has 1 fully saturated rings. The number of nitrogens with two attached hydrogens (primary N) is 1. The van der Waals surface area contributed by atoms with E-state index in [-0.39, 0.29) is 11.8 Å². The van der Waals surface area contributed by atoms with E-state index in [1.807, 2.05) is 0 Å². The van der Waals surface area contributed by atoms with E-state index in [2.05, 4.69) is 10.1 Å². The highest BCUT2D eigenvalue weighted by atomic mass is 16.5. The molecule has 0 bridgehead atoms. The number of ether oxygens (including phenoxy) is 1. The molecule has 0 aromatic carbocycles. The monoisotopic (exact) mass is 186 g/mol. The molecule has 0 aliphatic carbocycles. The van der Waals surface area contributed by atoms with Gasteiger partial charge in [0.05, 0.1) is 7.11 Å². The van der Waals surface area contributed by atoms with Crippen molar-refractivity contribution in [2.24, 2.45) is 11.7 Å². The lowest BCUT2D eigenvalue weighted by Crippen LogP contribution is -2.35. The molecule has 0 spiro atoms. The summed E-state index contributed by atoms with van der Waals surface area (Å²) in [5.74, 6) is -0.604. The molecule has 13 heavy (non-hydrogen) atoms. The molecule has 1 unspecified atom stereocenters. The Kier molecular flexibility index (Phi) is 3.25. The molecular weight excluding hydrogens is 172 g/mol. The van der Waals surface area contributed by atoms with Crippen LogP contribution in [-0.4, -0.2) is 31.6 Å². The molecule has 74 valence electrons. The number of carbonyl (C=O) groups is 2. The second-order valence-electron chi connectivity index (χ2n) is 3.14. The van der Waals surface area contributed by atoms with E-state index >= 15 is 0 Å². The summed E-state index contributed by atoms with van der Waals surface area (Å²) in [6.45, 7) is 0.678. The van der Waals surface area contributed by atoms with Crippen LogP contribution in [0, 0.1) is 5.92 Å². The third-order valence-corrected chi connectivity index (χ3v) is 2.21. The Morgan fingerprint density at radius 1 is 1.85 bits per heavy atom. The number of nitrogens with one attached hydrogen (secondary N) is 1. The van der Waals surface area contributed by atoms with Gasteiger partial charge in [0.25, 0.3) is 0 Å². The topological polar surface area (TPSA) is 81.4 Å². The zero-order valence-electron chi connectivity index (χ0n) is 7.58. The lowest BCUT2D eigenvalue weighted by Gasteiger charge is -2.11. The minimum Gasteiger partial charge on any atom is -0.468 e. The average Bonchev–Trinajstić information content (AvgIpc) is 2.50. The predicted octanol–water partition coefficient (Wildman–Crippen LogP) is -0.987. The Hall–Kier alpha value is -1.10. The highest BCUT2D eigenvalue weighted by molar-refractivity contribution is 5.82. The first-order valence-corrected chi connectivity index (χ1v) is 4.26. The number of amides is 1. The van der Waals surface area contributed by atoms with E-state index in [0.717, 1.165) is 6.42 Å². The van der Waals surface area contributed by atoms with Gasteiger partial charge in [-0.05, 0) is 12.8 Å². The van der Waals surface area contributed by atoms with Gasteiger partial charge in [-0.1, -0.05) is 0 Å². The van der Waals surface area contributed by atoms with Gasteiger partial charge in [0.2, 0.25) is 5.91 Å². The van der Waals surface area contributed by atoms with Crippen LogP contribution < -0.4 is 11.1 Å². The minimum atomic E-state index is -0.682. The maximum Gasteiger partial charge on any atom is 0.322 e. The van der Waals surface area contributed by atoms with Crippen LogP contribution in [0.5, 0.6) is 0 Å². The summed E-state index contributed by atoms with van der Waals surface area (Å²) in [4.78, 5) is 22.0. The Morgan fingerprint density at radius 2 is 2.54 bits per heavy atom. The molecule has 1 rings (SSSR count). The molecule has 1 heterocycles. The van der Waals surface area contributed by atoms with Crippen LogP contribution in [-0.2, 0) is 14.3 Å². The van der Waals surface area contributed by atoms with Crippen molar-refractivity contribution in [3.05, 3.63) is 0 Å². The smallest absolute Gasteiger partial charge is 0.322 e. The predicted molar refractivity (Wildman–Crippen MR) is 45.7 cm³/mol. The van der Waals surface area contributed by atoms with E-state index in [1.54, 1.807) is 0 Å². The van der Waals surface area contributed by atoms with Crippen molar-refractivity contribution in [3.63, 3.8) is 0 Å². The molecule has 5 heteroatoms. The zero-order valence-corrected chi connectivity index (χ0v) is 7.58. The maximum absolute atomic E-state index is 11.1. The second-order valence-corrected chi connectivity index (χ2v) is 3.14. The van der Waals surface area contributed by atoms with Crippen molar-refractivity contribution in [3.8, 4) is 0 Å². The minimum absolute atomic E-state index is 0.0145. The number of methoxy groups -OCH3 is 1. The van der Waals surface area contributed by atoms with Crippen molar-refractivity contribution >= 4 is 11.9 Å². The molecule has 0 radical (unpaired) electrons. The summed E-state index contributed by atoms with van der Waals surface area (Å²) in [7, 11) is 1.29. The van der Waals surface area contributed by atoms with E-state index in [9.17, 15) is 9.59 Å². The molecule has 2 atom stereocenters. The van der Waals surface area contributed by atoms with Gasteiger partial charge >= 0.3 is 5.97 Å². The van der Waals surface area contributed by atoms with Crippen LogP contribution >= 0.6 is 0 Å². The first-order chi connectivity index (χ1) is 6.15. The van der Waals surface area contributed by atoms with E-state index in [0.29, 0.717) is 13.0 Å². The van der Waals surface area contributed by atoms with Crippen molar-refractivity contribution in [2.45, 2.75) is 18.9 Å². The zero-order chi connectivity index (χ0) is 9.84. The number of rotatable bonds is 3. The summed E-state index contributed by atoms with van der Waals surface area (Å²) in [5, 5.41) is 2.69. The first kappa shape index (κ1) is 9.98. The maximum atomic E-state index is 11.1. The Labute approximate surface area is 76.6 Å². The number of hydrogen-bond acceptors (Lipinski definition) is 4. The Morgan fingerprint density at radius 3 is 3.00 bits per heavy atom. The molecule has 0 saturated carbocycles. The largest absolute Gasteiger partial charge is 0.468 e. The van der Waals surface area contributed by atoms with Crippen LogP contribution in [0.3, 0.4) is 0 Å². The molecule has 1 amide bonds. The van der Waals surface area contributed by atoms with Crippen LogP contribution in [0.25, 0.3) is 0 Å². The third kappa shape index (κ3) is 2.42. The standard InChI is InChI=1S/C8H14N2O3/c1-13-8(12)6(9)4-5-2-3-10-7(5)11/h5-6H,2-4,9H2,1H3,(H,10,11)/t5-,6?/m0/s1. The van der Waals surface area contributed by atoms with Gasteiger partial charge in [-0.25, -0.2) is 0 Å². The summed E-state index contributed by atoms with van der Waals surface area (Å²) in [6.07, 6.45) is 1.13. The van der Waals surface area contributed by atoms with E-state index in [4.69, 9.17) is 5.73 Å². The van der Waals surface area contributed by atoms with Gasteiger partial charge in [0.1, 0.15) is 6.04 Å². The summed E-state index contributed by atoms with van der Waals surface area (Å²) >= 11 is 0. The van der Waals surface area contributed by atoms with Crippen LogP contribution in [0.15, 0.2) is 0 Å². The molecule has 1 aliphatic rings. The molecule has 0 aromatic rings. The molecule has 5 nitrogen and oxygen atoms in total. The highest BCUT2D eigenvalue weighted by Crippen LogP contribution is 2.15. The van der Waals surface area contributed by atoms with Crippen molar-refractivity contribution in [1.29, 1.82) is 0 Å². The van der Waals surface area contributed by atoms with E-state index in [1.165, 1.54) is 7.11 Å². The van der Waals surface area contributed by atoms with Crippen molar-refractivity contribution < 1.29 is 14.3 Å². The average molecular weight is 186 g/mol. The van der Waals surface area contributed by atoms with Crippen molar-refractivity contribution in [2.75, 3.05) is 13.7 Å². The molecule has 0 aromatic heterocycles. The van der Waals surface area contributed by atoms with Gasteiger partial charge in [0, 0.05) is 12.5 Å². The number of hydrogen-bond donors (Lipinski definition) is 2. The fourth-order valence-corrected chi connectivity index (χ4v) is 1.42. The SMILES string of the molecule is COC(=O)C(N)C[C@@H]1CCNC1=O. The van der Waals surface area contributed by atoms with Gasteiger partial charge in [-0.2, -0.15) is 0 Å². The van der Waals surface area contributed by atoms with Crippen LogP contribution in [0.2, 0.25) is 0 Å². The van der Waals surface area contributed by atoms with Crippen LogP contribution in [0.4, 0.5) is 0 Å². The molecule has 3 N–H and O–H groups in total. The first-order valence-electron chi connectivity index (χ1n) is 4.26. The van der Waals surface area contributed by atoms with Gasteiger partial charge < -0.3 is 15.8 Å². The molecule has 1 aliphatic heterocycles. The molecular formula is C8H14N2O3. The Balaban J connectivity index is 2.39. The fraction of sp³-hybridized carbons (Fsp3) is 0.750.